The van der Waals surface area contributed by atoms with Crippen LogP contribution in [0.1, 0.15) is 11.1 Å². The van der Waals surface area contributed by atoms with Crippen LogP contribution in [0.25, 0.3) is 0 Å². The fraction of sp³-hybridized carbons (Fsp3) is 0.200. The van der Waals surface area contributed by atoms with Crippen LogP contribution in [0.15, 0.2) is 35.2 Å². The Morgan fingerprint density at radius 3 is 2.32 bits per heavy atom. The van der Waals surface area contributed by atoms with Crippen LogP contribution in [0, 0.1) is 13.8 Å². The molecule has 0 aliphatic carbocycles. The highest BCUT2D eigenvalue weighted by Gasteiger charge is 2.20. The maximum atomic E-state index is 12.6. The molecule has 0 saturated heterocycles. The summed E-state index contributed by atoms with van der Waals surface area (Å²) in [6.07, 6.45) is 0. The molecule has 0 aliphatic heterocycles. The van der Waals surface area contributed by atoms with E-state index in [0.29, 0.717) is 16.3 Å². The normalized spacial score (nSPS) is 11.3. The number of halogens is 2. The number of methoxy groups -OCH3 is 1. The van der Waals surface area contributed by atoms with Gasteiger partial charge >= 0.3 is 0 Å². The molecule has 7 heteroatoms. The third-order valence-electron chi connectivity index (χ3n) is 3.16. The monoisotopic (exact) mass is 359 g/mol. The predicted octanol–water partition coefficient (Wildman–Crippen LogP) is 4.42. The van der Waals surface area contributed by atoms with Gasteiger partial charge in [0.05, 0.1) is 22.7 Å². The fourth-order valence-electron chi connectivity index (χ4n) is 2.04. The van der Waals surface area contributed by atoms with Crippen molar-refractivity contribution in [1.29, 1.82) is 0 Å². The first-order valence-corrected chi connectivity index (χ1v) is 8.61. The Balaban J connectivity index is 2.45. The summed E-state index contributed by atoms with van der Waals surface area (Å²) >= 11 is 11.8. The van der Waals surface area contributed by atoms with E-state index >= 15 is 0 Å². The molecule has 0 bridgehead atoms. The van der Waals surface area contributed by atoms with Gasteiger partial charge in [-0.15, -0.1) is 0 Å². The van der Waals surface area contributed by atoms with Crippen LogP contribution >= 0.6 is 23.2 Å². The van der Waals surface area contributed by atoms with Gasteiger partial charge in [-0.2, -0.15) is 0 Å². The Labute approximate surface area is 140 Å². The van der Waals surface area contributed by atoms with Gasteiger partial charge in [0.15, 0.2) is 0 Å². The standard InChI is InChI=1S/C15H15Cl2NO3S/c1-9-7-15(10(2)6-14(9)21-3)22(19,20)18-13-5-4-11(16)8-12(13)17/h4-8,18H,1-3H3. The van der Waals surface area contributed by atoms with E-state index in [-0.39, 0.29) is 15.6 Å². The van der Waals surface area contributed by atoms with E-state index in [2.05, 4.69) is 4.72 Å². The average molecular weight is 360 g/mol. The molecular weight excluding hydrogens is 345 g/mol. The zero-order valence-electron chi connectivity index (χ0n) is 12.3. The summed E-state index contributed by atoms with van der Waals surface area (Å²) in [5.41, 5.74) is 1.59. The molecule has 0 aliphatic rings. The molecule has 2 rings (SSSR count). The molecule has 118 valence electrons. The third-order valence-corrected chi connectivity index (χ3v) is 5.21. The molecule has 0 aromatic heterocycles. The van der Waals surface area contributed by atoms with Crippen LogP contribution in [-0.4, -0.2) is 15.5 Å². The molecule has 1 N–H and O–H groups in total. The third kappa shape index (κ3) is 3.48. The number of sulfonamides is 1. The second-order valence-electron chi connectivity index (χ2n) is 4.82. The van der Waals surface area contributed by atoms with Crippen molar-refractivity contribution in [2.75, 3.05) is 11.8 Å². The molecule has 0 fully saturated rings. The minimum absolute atomic E-state index is 0.178. The Hall–Kier alpha value is -1.43. The number of ether oxygens (including phenoxy) is 1. The average Bonchev–Trinajstić information content (AvgIpc) is 2.43. The Bertz CT molecular complexity index is 820. The lowest BCUT2D eigenvalue weighted by molar-refractivity contribution is 0.411. The first-order valence-electron chi connectivity index (χ1n) is 6.37. The van der Waals surface area contributed by atoms with Crippen LogP contribution in [0.5, 0.6) is 5.75 Å². The van der Waals surface area contributed by atoms with E-state index in [9.17, 15) is 8.42 Å². The van der Waals surface area contributed by atoms with Crippen LogP contribution < -0.4 is 9.46 Å². The molecule has 2 aromatic rings. The van der Waals surface area contributed by atoms with Crippen molar-refractivity contribution in [3.05, 3.63) is 51.5 Å². The van der Waals surface area contributed by atoms with E-state index < -0.39 is 10.0 Å². The molecule has 0 unspecified atom stereocenters. The van der Waals surface area contributed by atoms with E-state index in [1.54, 1.807) is 39.2 Å². The summed E-state index contributed by atoms with van der Waals surface area (Å²) in [4.78, 5) is 0.178. The number of anilines is 1. The Morgan fingerprint density at radius 1 is 1.05 bits per heavy atom. The lowest BCUT2D eigenvalue weighted by atomic mass is 10.1. The van der Waals surface area contributed by atoms with Crippen molar-refractivity contribution in [2.45, 2.75) is 18.7 Å². The van der Waals surface area contributed by atoms with E-state index in [1.165, 1.54) is 12.1 Å². The summed E-state index contributed by atoms with van der Waals surface area (Å²) < 4.78 is 32.8. The van der Waals surface area contributed by atoms with Gasteiger partial charge in [0.2, 0.25) is 0 Å². The molecule has 0 amide bonds. The molecule has 0 saturated carbocycles. The maximum Gasteiger partial charge on any atom is 0.262 e. The Kier molecular flexibility index (Phi) is 4.90. The number of nitrogens with one attached hydrogen (secondary N) is 1. The largest absolute Gasteiger partial charge is 0.496 e. The van der Waals surface area contributed by atoms with Crippen LogP contribution in [-0.2, 0) is 10.0 Å². The molecule has 4 nitrogen and oxygen atoms in total. The lowest BCUT2D eigenvalue weighted by Gasteiger charge is -2.14. The van der Waals surface area contributed by atoms with Gasteiger partial charge in [0.1, 0.15) is 5.75 Å². The lowest BCUT2D eigenvalue weighted by Crippen LogP contribution is -2.15. The van der Waals surface area contributed by atoms with Crippen molar-refractivity contribution in [3.63, 3.8) is 0 Å². The maximum absolute atomic E-state index is 12.6. The van der Waals surface area contributed by atoms with Gasteiger partial charge < -0.3 is 4.74 Å². The second kappa shape index (κ2) is 6.36. The topological polar surface area (TPSA) is 55.4 Å². The SMILES string of the molecule is COc1cc(C)c(S(=O)(=O)Nc2ccc(Cl)cc2Cl)cc1C. The summed E-state index contributed by atoms with van der Waals surface area (Å²) in [6.45, 7) is 3.49. The molecule has 22 heavy (non-hydrogen) atoms. The Morgan fingerprint density at radius 2 is 1.73 bits per heavy atom. The molecular formula is C15H15Cl2NO3S. The van der Waals surface area contributed by atoms with E-state index in [4.69, 9.17) is 27.9 Å². The predicted molar refractivity (Wildman–Crippen MR) is 89.7 cm³/mol. The van der Waals surface area contributed by atoms with E-state index in [1.807, 2.05) is 0 Å². The fourth-order valence-corrected chi connectivity index (χ4v) is 3.95. The van der Waals surface area contributed by atoms with Gasteiger partial charge in [0.25, 0.3) is 10.0 Å². The highest BCUT2D eigenvalue weighted by molar-refractivity contribution is 7.92. The number of aryl methyl sites for hydroxylation is 2. The first kappa shape index (κ1) is 16.9. The van der Waals surface area contributed by atoms with Crippen LogP contribution in [0.4, 0.5) is 5.69 Å². The van der Waals surface area contributed by atoms with Crippen LogP contribution in [0.3, 0.4) is 0 Å². The highest BCUT2D eigenvalue weighted by atomic mass is 35.5. The summed E-state index contributed by atoms with van der Waals surface area (Å²) in [6, 6.07) is 7.83. The summed E-state index contributed by atoms with van der Waals surface area (Å²) in [5, 5.41) is 0.670. The highest BCUT2D eigenvalue weighted by Crippen LogP contribution is 2.30. The molecule has 2 aromatic carbocycles. The van der Waals surface area contributed by atoms with Crippen LogP contribution in [0.2, 0.25) is 10.0 Å². The molecule has 0 atom stereocenters. The minimum atomic E-state index is -3.76. The zero-order valence-corrected chi connectivity index (χ0v) is 14.6. The number of hydrogen-bond acceptors (Lipinski definition) is 3. The van der Waals surface area contributed by atoms with Gasteiger partial charge in [-0.05, 0) is 55.3 Å². The number of rotatable bonds is 4. The number of hydrogen-bond donors (Lipinski definition) is 1. The quantitative estimate of drug-likeness (QED) is 0.878. The molecule has 0 spiro atoms. The van der Waals surface area contributed by atoms with Crippen molar-refractivity contribution in [2.24, 2.45) is 0 Å². The molecule has 0 radical (unpaired) electrons. The van der Waals surface area contributed by atoms with Crippen molar-refractivity contribution >= 4 is 38.9 Å². The summed E-state index contributed by atoms with van der Waals surface area (Å²) in [7, 11) is -2.22. The second-order valence-corrected chi connectivity index (χ2v) is 7.31. The van der Waals surface area contributed by atoms with Gasteiger partial charge in [0, 0.05) is 5.02 Å². The van der Waals surface area contributed by atoms with E-state index in [0.717, 1.165) is 5.56 Å². The van der Waals surface area contributed by atoms with Gasteiger partial charge in [-0.1, -0.05) is 23.2 Å². The van der Waals surface area contributed by atoms with Crippen molar-refractivity contribution in [3.8, 4) is 5.75 Å². The van der Waals surface area contributed by atoms with Crippen molar-refractivity contribution < 1.29 is 13.2 Å². The van der Waals surface area contributed by atoms with Crippen molar-refractivity contribution in [1.82, 2.24) is 0 Å². The number of benzene rings is 2. The zero-order chi connectivity index (χ0) is 16.5. The minimum Gasteiger partial charge on any atom is -0.496 e. The first-order chi connectivity index (χ1) is 10.2. The van der Waals surface area contributed by atoms with Gasteiger partial charge in [-0.3, -0.25) is 4.72 Å². The molecule has 0 heterocycles. The summed E-state index contributed by atoms with van der Waals surface area (Å²) in [5.74, 6) is 0.640. The smallest absolute Gasteiger partial charge is 0.262 e. The van der Waals surface area contributed by atoms with Gasteiger partial charge in [-0.25, -0.2) is 8.42 Å².